The molecule has 0 fully saturated rings. The molecule has 184 valence electrons. The molecule has 1 aliphatic rings. The number of hydrogen-bond donors (Lipinski definition) is 1. The number of halogens is 2. The molecule has 0 radical (unpaired) electrons. The third-order valence-corrected chi connectivity index (χ3v) is 7.06. The highest BCUT2D eigenvalue weighted by molar-refractivity contribution is 7.10. The second kappa shape index (κ2) is 11.6. The summed E-state index contributed by atoms with van der Waals surface area (Å²) < 4.78 is 19.9. The number of rotatable bonds is 8. The first kappa shape index (κ1) is 25.0. The van der Waals surface area contributed by atoms with Crippen molar-refractivity contribution in [2.45, 2.75) is 25.8 Å². The molecule has 9 heteroatoms. The summed E-state index contributed by atoms with van der Waals surface area (Å²) in [6.45, 7) is 2.93. The van der Waals surface area contributed by atoms with Gasteiger partial charge in [0.15, 0.2) is 11.6 Å². The number of anilines is 1. The second-order valence-corrected chi connectivity index (χ2v) is 9.69. The van der Waals surface area contributed by atoms with Gasteiger partial charge in [-0.3, -0.25) is 4.79 Å². The van der Waals surface area contributed by atoms with Crippen molar-refractivity contribution < 1.29 is 18.7 Å². The number of fused-ring (bicyclic) bond motifs is 1. The summed E-state index contributed by atoms with van der Waals surface area (Å²) in [4.78, 5) is 30.9. The molecule has 4 rings (SSSR count). The van der Waals surface area contributed by atoms with Crippen molar-refractivity contribution in [3.63, 3.8) is 0 Å². The minimum Gasteiger partial charge on any atom is -0.488 e. The van der Waals surface area contributed by atoms with E-state index in [1.165, 1.54) is 15.8 Å². The number of para-hydroxylation sites is 1. The van der Waals surface area contributed by atoms with Crippen LogP contribution in [0.3, 0.4) is 0 Å². The van der Waals surface area contributed by atoms with Gasteiger partial charge < -0.3 is 19.9 Å². The first-order valence-corrected chi connectivity index (χ1v) is 12.8. The molecule has 1 atom stereocenters. The maximum Gasteiger partial charge on any atom is 0.322 e. The Labute approximate surface area is 213 Å². The highest BCUT2D eigenvalue weighted by Gasteiger charge is 2.33. The summed E-state index contributed by atoms with van der Waals surface area (Å²) in [5, 5.41) is 5.33. The maximum absolute atomic E-state index is 14.1. The molecular weight excluding hydrogens is 489 g/mol. The van der Waals surface area contributed by atoms with Crippen LogP contribution in [0, 0.1) is 5.82 Å². The van der Waals surface area contributed by atoms with E-state index >= 15 is 0 Å². The number of thiophene rings is 1. The molecule has 0 unspecified atom stereocenters. The fourth-order valence-corrected chi connectivity index (χ4v) is 5.27. The number of nitrogens with one attached hydrogen (secondary N) is 1. The molecule has 3 amide bonds. The van der Waals surface area contributed by atoms with Gasteiger partial charge in [0, 0.05) is 28.7 Å². The normalized spacial score (nSPS) is 14.8. The van der Waals surface area contributed by atoms with Gasteiger partial charge in [-0.05, 0) is 60.2 Å². The van der Waals surface area contributed by atoms with E-state index in [1.807, 2.05) is 18.4 Å². The van der Waals surface area contributed by atoms with Gasteiger partial charge in [-0.25, -0.2) is 9.18 Å². The highest BCUT2D eigenvalue weighted by atomic mass is 35.5. The summed E-state index contributed by atoms with van der Waals surface area (Å²) in [6.07, 6.45) is 1.43. The number of carbonyl (C=O) groups is 2. The van der Waals surface area contributed by atoms with E-state index in [-0.39, 0.29) is 36.9 Å². The zero-order chi connectivity index (χ0) is 24.8. The minimum atomic E-state index is -0.446. The topological polar surface area (TPSA) is 61.9 Å². The smallest absolute Gasteiger partial charge is 0.322 e. The Balaban J connectivity index is 1.48. The summed E-state index contributed by atoms with van der Waals surface area (Å²) in [7, 11) is 0. The third kappa shape index (κ3) is 6.13. The Hall–Kier alpha value is -3.10. The number of nitrogens with zero attached hydrogens (tertiary/aromatic N) is 2. The number of carbonyl (C=O) groups excluding carboxylic acids is 2. The monoisotopic (exact) mass is 515 g/mol. The molecule has 1 N–H and O–H groups in total. The van der Waals surface area contributed by atoms with Crippen LogP contribution in [0.2, 0.25) is 5.02 Å². The lowest BCUT2D eigenvalue weighted by molar-refractivity contribution is -0.135. The van der Waals surface area contributed by atoms with Crippen LogP contribution in [-0.2, 0) is 11.2 Å². The first-order chi connectivity index (χ1) is 17.0. The van der Waals surface area contributed by atoms with E-state index < -0.39 is 5.82 Å². The van der Waals surface area contributed by atoms with Crippen LogP contribution in [0.5, 0.6) is 5.75 Å². The molecule has 0 bridgehead atoms. The van der Waals surface area contributed by atoms with Crippen molar-refractivity contribution >= 4 is 40.6 Å². The molecular formula is C26H27ClFN3O3S. The van der Waals surface area contributed by atoms with E-state index in [2.05, 4.69) is 5.32 Å². The van der Waals surface area contributed by atoms with Crippen molar-refractivity contribution in [2.24, 2.45) is 0 Å². The Morgan fingerprint density at radius 2 is 2.06 bits per heavy atom. The van der Waals surface area contributed by atoms with Gasteiger partial charge >= 0.3 is 6.03 Å². The summed E-state index contributed by atoms with van der Waals surface area (Å²) in [6, 6.07) is 14.4. The van der Waals surface area contributed by atoms with Crippen molar-refractivity contribution in [2.75, 3.05) is 31.6 Å². The lowest BCUT2D eigenvalue weighted by atomic mass is 10.0. The van der Waals surface area contributed by atoms with E-state index in [0.717, 1.165) is 12.0 Å². The lowest BCUT2D eigenvalue weighted by Gasteiger charge is -2.37. The van der Waals surface area contributed by atoms with Crippen LogP contribution in [0.15, 0.2) is 60.0 Å². The molecule has 0 saturated heterocycles. The van der Waals surface area contributed by atoms with E-state index in [0.29, 0.717) is 30.2 Å². The maximum atomic E-state index is 14.1. The standard InChI is InChI=1S/C26H27ClFN3O3S/c1-2-12-30(26(33)29-19-7-5-6-18(27)15-19)16-25(32)31-13-10-24-20(11-14-35-24)22(31)17-34-23-9-4-3-8-21(23)28/h3-9,11,14-15,22H,2,10,12-13,16-17H2,1H3,(H,29,33)/t22-/m1/s1. The Kier molecular flexibility index (Phi) is 8.25. The van der Waals surface area contributed by atoms with Crippen molar-refractivity contribution in [1.82, 2.24) is 9.80 Å². The predicted octanol–water partition coefficient (Wildman–Crippen LogP) is 5.99. The van der Waals surface area contributed by atoms with Crippen molar-refractivity contribution in [3.8, 4) is 5.75 Å². The fraction of sp³-hybridized carbons (Fsp3) is 0.308. The third-order valence-electron chi connectivity index (χ3n) is 5.83. The zero-order valence-electron chi connectivity index (χ0n) is 19.4. The zero-order valence-corrected chi connectivity index (χ0v) is 20.9. The van der Waals surface area contributed by atoms with Crippen LogP contribution in [0.25, 0.3) is 0 Å². The lowest BCUT2D eigenvalue weighted by Crippen LogP contribution is -2.48. The molecule has 0 saturated carbocycles. The average molecular weight is 516 g/mol. The van der Waals surface area contributed by atoms with Crippen LogP contribution >= 0.6 is 22.9 Å². The van der Waals surface area contributed by atoms with Gasteiger partial charge in [0.05, 0.1) is 6.04 Å². The number of hydrogen-bond acceptors (Lipinski definition) is 4. The van der Waals surface area contributed by atoms with Crippen LogP contribution < -0.4 is 10.1 Å². The van der Waals surface area contributed by atoms with Gasteiger partial charge in [-0.1, -0.05) is 36.7 Å². The molecule has 2 aromatic carbocycles. The second-order valence-electron chi connectivity index (χ2n) is 8.26. The van der Waals surface area contributed by atoms with Crippen molar-refractivity contribution in [1.29, 1.82) is 0 Å². The molecule has 1 aromatic heterocycles. The van der Waals surface area contributed by atoms with Gasteiger partial charge in [0.25, 0.3) is 0 Å². The number of benzene rings is 2. The quantitative estimate of drug-likeness (QED) is 0.401. The average Bonchev–Trinajstić information content (AvgIpc) is 3.32. The van der Waals surface area contributed by atoms with Gasteiger partial charge in [-0.2, -0.15) is 0 Å². The predicted molar refractivity (Wildman–Crippen MR) is 137 cm³/mol. The molecule has 3 aromatic rings. The number of ether oxygens (including phenoxy) is 1. The number of amides is 3. The first-order valence-electron chi connectivity index (χ1n) is 11.5. The minimum absolute atomic E-state index is 0.0735. The SMILES string of the molecule is CCCN(CC(=O)N1CCc2sccc2[C@H]1COc1ccccc1F)C(=O)Nc1cccc(Cl)c1. The van der Waals surface area contributed by atoms with E-state index in [4.69, 9.17) is 16.3 Å². The van der Waals surface area contributed by atoms with E-state index in [1.54, 1.807) is 58.7 Å². The summed E-state index contributed by atoms with van der Waals surface area (Å²) in [5.41, 5.74) is 1.57. The summed E-state index contributed by atoms with van der Waals surface area (Å²) in [5.74, 6) is -0.479. The van der Waals surface area contributed by atoms with E-state index in [9.17, 15) is 14.0 Å². The molecule has 35 heavy (non-hydrogen) atoms. The Morgan fingerprint density at radius 3 is 2.83 bits per heavy atom. The van der Waals surface area contributed by atoms with Gasteiger partial charge in [-0.15, -0.1) is 11.3 Å². The molecule has 0 aliphatic carbocycles. The Bertz CT molecular complexity index is 1190. The largest absolute Gasteiger partial charge is 0.488 e. The van der Waals surface area contributed by atoms with Crippen LogP contribution in [0.1, 0.15) is 29.8 Å². The summed E-state index contributed by atoms with van der Waals surface area (Å²) >= 11 is 7.67. The highest BCUT2D eigenvalue weighted by Crippen LogP contribution is 2.34. The number of urea groups is 1. The van der Waals surface area contributed by atoms with Gasteiger partial charge in [0.1, 0.15) is 13.2 Å². The van der Waals surface area contributed by atoms with Crippen LogP contribution in [0.4, 0.5) is 14.9 Å². The van der Waals surface area contributed by atoms with Gasteiger partial charge in [0.2, 0.25) is 5.91 Å². The Morgan fingerprint density at radius 1 is 1.23 bits per heavy atom. The molecule has 2 heterocycles. The molecule has 6 nitrogen and oxygen atoms in total. The molecule has 0 spiro atoms. The fourth-order valence-electron chi connectivity index (χ4n) is 4.15. The van der Waals surface area contributed by atoms with Crippen LogP contribution in [-0.4, -0.2) is 48.0 Å². The van der Waals surface area contributed by atoms with Crippen molar-refractivity contribution in [3.05, 3.63) is 81.3 Å². The molecule has 1 aliphatic heterocycles.